The summed E-state index contributed by atoms with van der Waals surface area (Å²) in [5, 5.41) is 0. The third kappa shape index (κ3) is 9.10. The van der Waals surface area contributed by atoms with Gasteiger partial charge in [0.25, 0.3) is 0 Å². The minimum Gasteiger partial charge on any atom is -0.465 e. The highest BCUT2D eigenvalue weighted by molar-refractivity contribution is 5.30. The van der Waals surface area contributed by atoms with E-state index in [9.17, 15) is 0 Å². The molecule has 0 heterocycles. The molecule has 2 unspecified atom stereocenters. The molecule has 0 aliphatic heterocycles. The lowest BCUT2D eigenvalue weighted by atomic mass is 9.68. The van der Waals surface area contributed by atoms with Gasteiger partial charge in [0.1, 0.15) is 5.75 Å². The maximum absolute atomic E-state index is 6.62. The third-order valence-corrected chi connectivity index (χ3v) is 8.70. The molecular weight excluding hydrogens is 428 g/mol. The molecule has 2 nitrogen and oxygen atoms in total. The number of ether oxygens (including phenoxy) is 2. The molecular formula is C33H56O2. The Morgan fingerprint density at radius 2 is 1.26 bits per heavy atom. The predicted molar refractivity (Wildman–Crippen MR) is 150 cm³/mol. The molecule has 2 fully saturated rings. The van der Waals surface area contributed by atoms with Crippen LogP contribution in [0.25, 0.3) is 0 Å². The fourth-order valence-electron chi connectivity index (χ4n) is 6.94. The van der Waals surface area contributed by atoms with Crippen LogP contribution in [-0.4, -0.2) is 12.4 Å². The topological polar surface area (TPSA) is 18.5 Å². The first kappa shape index (κ1) is 28.5. The van der Waals surface area contributed by atoms with Crippen molar-refractivity contribution in [3.63, 3.8) is 0 Å². The van der Waals surface area contributed by atoms with Gasteiger partial charge in [0.2, 0.25) is 0 Å². The van der Waals surface area contributed by atoms with Gasteiger partial charge in [-0.1, -0.05) is 111 Å². The van der Waals surface area contributed by atoms with Crippen LogP contribution in [0.3, 0.4) is 0 Å². The van der Waals surface area contributed by atoms with Gasteiger partial charge in [0.05, 0.1) is 6.10 Å². The second-order valence-corrected chi connectivity index (χ2v) is 13.5. The van der Waals surface area contributed by atoms with Crippen LogP contribution in [0.1, 0.15) is 137 Å². The van der Waals surface area contributed by atoms with Crippen molar-refractivity contribution in [1.29, 1.82) is 0 Å². The average Bonchev–Trinajstić information content (AvgIpc) is 2.81. The summed E-state index contributed by atoms with van der Waals surface area (Å²) in [6.45, 7) is 16.1. The molecule has 0 aromatic heterocycles. The lowest BCUT2D eigenvalue weighted by Gasteiger charge is -2.39. The molecule has 0 radical (unpaired) electrons. The van der Waals surface area contributed by atoms with Crippen LogP contribution in [0.4, 0.5) is 0 Å². The molecule has 0 spiro atoms. The highest BCUT2D eigenvalue weighted by Crippen LogP contribution is 2.43. The Hall–Kier alpha value is -1.02. The second kappa shape index (κ2) is 13.5. The van der Waals surface area contributed by atoms with Gasteiger partial charge in [0.15, 0.2) is 6.29 Å². The maximum atomic E-state index is 6.62. The molecule has 35 heavy (non-hydrogen) atoms. The summed E-state index contributed by atoms with van der Waals surface area (Å²) in [6, 6.07) is 9.00. The van der Waals surface area contributed by atoms with Gasteiger partial charge in [-0.2, -0.15) is 0 Å². The van der Waals surface area contributed by atoms with Crippen molar-refractivity contribution in [3.05, 3.63) is 29.8 Å². The smallest absolute Gasteiger partial charge is 0.200 e. The van der Waals surface area contributed by atoms with Crippen LogP contribution in [0.5, 0.6) is 5.75 Å². The molecule has 0 amide bonds. The van der Waals surface area contributed by atoms with Crippen LogP contribution >= 0.6 is 0 Å². The number of hydrogen-bond acceptors (Lipinski definition) is 2. The van der Waals surface area contributed by atoms with E-state index in [1.807, 2.05) is 0 Å². The van der Waals surface area contributed by atoms with E-state index < -0.39 is 0 Å². The van der Waals surface area contributed by atoms with Crippen LogP contribution in [-0.2, 0) is 4.74 Å². The van der Waals surface area contributed by atoms with E-state index in [2.05, 4.69) is 72.7 Å². The van der Waals surface area contributed by atoms with E-state index in [1.54, 1.807) is 0 Å². The molecule has 0 bridgehead atoms. The summed E-state index contributed by atoms with van der Waals surface area (Å²) in [5.41, 5.74) is 1.69. The molecule has 3 rings (SSSR count). The van der Waals surface area contributed by atoms with E-state index in [1.165, 1.54) is 76.2 Å². The fourth-order valence-corrected chi connectivity index (χ4v) is 6.94. The van der Waals surface area contributed by atoms with Gasteiger partial charge in [-0.25, -0.2) is 0 Å². The predicted octanol–water partition coefficient (Wildman–Crippen LogP) is 10.2. The maximum Gasteiger partial charge on any atom is 0.200 e. The van der Waals surface area contributed by atoms with Crippen molar-refractivity contribution >= 4 is 0 Å². The first-order valence-corrected chi connectivity index (χ1v) is 15.1. The van der Waals surface area contributed by atoms with Crippen molar-refractivity contribution < 1.29 is 9.47 Å². The molecule has 2 heteroatoms. The zero-order valence-electron chi connectivity index (χ0n) is 24.2. The van der Waals surface area contributed by atoms with Crippen LogP contribution in [0, 0.1) is 29.1 Å². The van der Waals surface area contributed by atoms with Gasteiger partial charge in [0, 0.05) is 6.42 Å². The van der Waals surface area contributed by atoms with Crippen molar-refractivity contribution in [2.75, 3.05) is 0 Å². The number of rotatable bonds is 11. The van der Waals surface area contributed by atoms with Gasteiger partial charge in [-0.15, -0.1) is 0 Å². The molecule has 2 aliphatic carbocycles. The number of hydrogen-bond donors (Lipinski definition) is 0. The van der Waals surface area contributed by atoms with E-state index in [0.717, 1.165) is 29.9 Å². The van der Waals surface area contributed by atoms with Crippen molar-refractivity contribution in [2.24, 2.45) is 29.1 Å². The van der Waals surface area contributed by atoms with Gasteiger partial charge >= 0.3 is 0 Å². The quantitative estimate of drug-likeness (QED) is 0.291. The summed E-state index contributed by atoms with van der Waals surface area (Å²) < 4.78 is 13.0. The van der Waals surface area contributed by atoms with E-state index in [-0.39, 0.29) is 17.8 Å². The molecule has 2 aliphatic rings. The zero-order valence-corrected chi connectivity index (χ0v) is 24.2. The molecule has 2 atom stereocenters. The monoisotopic (exact) mass is 484 g/mol. The van der Waals surface area contributed by atoms with Gasteiger partial charge in [-0.3, -0.25) is 0 Å². The fraction of sp³-hybridized carbons (Fsp3) is 0.818. The number of benzene rings is 1. The lowest BCUT2D eigenvalue weighted by molar-refractivity contribution is -0.127. The van der Waals surface area contributed by atoms with E-state index >= 15 is 0 Å². The summed E-state index contributed by atoms with van der Waals surface area (Å²) >= 11 is 0. The first-order valence-electron chi connectivity index (χ1n) is 15.1. The summed E-state index contributed by atoms with van der Waals surface area (Å²) in [7, 11) is 0. The van der Waals surface area contributed by atoms with Crippen molar-refractivity contribution in [2.45, 2.75) is 144 Å². The van der Waals surface area contributed by atoms with Crippen molar-refractivity contribution in [3.8, 4) is 5.75 Å². The Bertz CT molecular complexity index is 684. The Kier molecular flexibility index (Phi) is 11.0. The Morgan fingerprint density at radius 3 is 1.69 bits per heavy atom. The molecule has 0 N–H and O–H groups in total. The Labute approximate surface area is 218 Å². The van der Waals surface area contributed by atoms with E-state index in [4.69, 9.17) is 9.47 Å². The Morgan fingerprint density at radius 1 is 0.743 bits per heavy atom. The van der Waals surface area contributed by atoms with Crippen molar-refractivity contribution in [1.82, 2.24) is 0 Å². The standard InChI is InChI=1S/C33H56O2/c1-24(2)22-31(33(5,6)7)28-18-20-29(21-19-28)35-32(34-25(3)4)23-30(26-14-10-8-11-15-26)27-16-12-9-13-17-27/h18-21,24-27,30-32H,8-17,22-23H2,1-7H3. The minimum absolute atomic E-state index is 0.149. The zero-order chi connectivity index (χ0) is 25.4. The summed E-state index contributed by atoms with van der Waals surface area (Å²) in [4.78, 5) is 0. The van der Waals surface area contributed by atoms with E-state index in [0.29, 0.717) is 11.8 Å². The normalized spacial score (nSPS) is 20.5. The highest BCUT2D eigenvalue weighted by Gasteiger charge is 2.34. The third-order valence-electron chi connectivity index (χ3n) is 8.70. The summed E-state index contributed by atoms with van der Waals surface area (Å²) in [6.07, 6.45) is 16.4. The minimum atomic E-state index is -0.149. The first-order chi connectivity index (χ1) is 16.6. The molecule has 1 aromatic carbocycles. The summed E-state index contributed by atoms with van der Waals surface area (Å²) in [5.74, 6) is 4.67. The van der Waals surface area contributed by atoms with Gasteiger partial charge < -0.3 is 9.47 Å². The molecule has 2 saturated carbocycles. The lowest BCUT2D eigenvalue weighted by Crippen LogP contribution is -2.34. The van der Waals surface area contributed by atoms with Crippen LogP contribution in [0.15, 0.2) is 24.3 Å². The molecule has 200 valence electrons. The molecule has 0 saturated heterocycles. The highest BCUT2D eigenvalue weighted by atomic mass is 16.7. The van der Waals surface area contributed by atoms with Crippen LogP contribution in [0.2, 0.25) is 0 Å². The largest absolute Gasteiger partial charge is 0.465 e. The second-order valence-electron chi connectivity index (χ2n) is 13.5. The Balaban J connectivity index is 1.74. The average molecular weight is 485 g/mol. The van der Waals surface area contributed by atoms with Gasteiger partial charge in [-0.05, 0) is 73.0 Å². The van der Waals surface area contributed by atoms with Crippen LogP contribution < -0.4 is 4.74 Å². The molecule has 1 aromatic rings. The SMILES string of the molecule is CC(C)CC(c1ccc(OC(CC(C2CCCCC2)C2CCCCC2)OC(C)C)cc1)C(C)(C)C.